The summed E-state index contributed by atoms with van der Waals surface area (Å²) in [6.07, 6.45) is 8.52. The van der Waals surface area contributed by atoms with Crippen LogP contribution in [0.4, 0.5) is 0 Å². The Balaban J connectivity index is 1.21. The van der Waals surface area contributed by atoms with Crippen LogP contribution in [-0.2, 0) is 6.42 Å². The number of aryl methyl sites for hydroxylation is 1. The minimum atomic E-state index is -0.311. The number of benzene rings is 7. The quantitative estimate of drug-likeness (QED) is 0.205. The van der Waals surface area contributed by atoms with Crippen LogP contribution in [0.3, 0.4) is 0 Å². The van der Waals surface area contributed by atoms with Gasteiger partial charge in [-0.15, -0.1) is 0 Å². The summed E-state index contributed by atoms with van der Waals surface area (Å²) in [7, 11) is 0. The normalized spacial score (nSPS) is 15.2. The number of nitrogens with zero attached hydrogens (tertiary/aromatic N) is 3. The Morgan fingerprint density at radius 1 is 0.620 bits per heavy atom. The fourth-order valence-electron chi connectivity index (χ4n) is 8.59. The van der Waals surface area contributed by atoms with Crippen molar-refractivity contribution in [2.75, 3.05) is 0 Å². The molecule has 7 aromatic carbocycles. The standard InChI is InChI=1S/C46H32N4/c1-2-14-34(15-3-1)49-40-20-10-8-18-37(40)42-35-16-6-7-17-36(35)43-38-19-9-11-21-41(38)50(45(43)44(42)49)46-47-28-33-27-32(24-25-39(33)48-46)31-23-22-29-12-4-5-13-30(29)26-31/h1-8,10-18,20-28,46-47H,9,19H2. The van der Waals surface area contributed by atoms with Crippen molar-refractivity contribution in [1.29, 1.82) is 0 Å². The van der Waals surface area contributed by atoms with Gasteiger partial charge in [-0.25, -0.2) is 4.99 Å². The van der Waals surface area contributed by atoms with Gasteiger partial charge in [0.2, 0.25) is 6.29 Å². The molecule has 2 aromatic heterocycles. The largest absolute Gasteiger partial charge is 0.352 e. The van der Waals surface area contributed by atoms with Gasteiger partial charge in [-0.05, 0) is 93.6 Å². The van der Waals surface area contributed by atoms with Gasteiger partial charge in [0.1, 0.15) is 0 Å². The molecule has 236 valence electrons. The molecule has 0 radical (unpaired) electrons. The molecular formula is C46H32N4. The SMILES string of the molecule is C1=Cc2c(c3c4ccccc4c4c5ccccc5n(-c5ccccc5)c4c3n2C2N=c3ccc(-c4ccc5ccccc5c4)cc3=CN2)CC1. The first kappa shape index (κ1) is 27.5. The van der Waals surface area contributed by atoms with E-state index >= 15 is 0 Å². The Morgan fingerprint density at radius 3 is 2.22 bits per heavy atom. The third-order valence-electron chi connectivity index (χ3n) is 10.8. The number of hydrogen-bond acceptors (Lipinski definition) is 2. The van der Waals surface area contributed by atoms with Gasteiger partial charge in [0.25, 0.3) is 0 Å². The summed E-state index contributed by atoms with van der Waals surface area (Å²) in [4.78, 5) is 5.45. The number of aromatic nitrogens is 2. The van der Waals surface area contributed by atoms with Crippen LogP contribution >= 0.6 is 0 Å². The van der Waals surface area contributed by atoms with Gasteiger partial charge < -0.3 is 9.88 Å². The second-order valence-electron chi connectivity index (χ2n) is 13.5. The molecule has 1 atom stereocenters. The molecular weight excluding hydrogens is 609 g/mol. The first-order chi connectivity index (χ1) is 24.8. The Kier molecular flexibility index (Phi) is 5.81. The van der Waals surface area contributed by atoms with Crippen molar-refractivity contribution in [1.82, 2.24) is 14.5 Å². The molecule has 0 saturated heterocycles. The maximum atomic E-state index is 5.45. The number of para-hydroxylation sites is 2. The third-order valence-corrected chi connectivity index (χ3v) is 10.8. The van der Waals surface area contributed by atoms with Gasteiger partial charge in [-0.3, -0.25) is 4.57 Å². The fraction of sp³-hybridized carbons (Fsp3) is 0.0652. The highest BCUT2D eigenvalue weighted by molar-refractivity contribution is 6.32. The molecule has 0 bridgehead atoms. The van der Waals surface area contributed by atoms with Crippen molar-refractivity contribution in [2.24, 2.45) is 4.99 Å². The second-order valence-corrected chi connectivity index (χ2v) is 13.5. The predicted molar refractivity (Wildman–Crippen MR) is 208 cm³/mol. The summed E-state index contributed by atoms with van der Waals surface area (Å²) in [5.41, 5.74) is 9.85. The van der Waals surface area contributed by atoms with Gasteiger partial charge in [0, 0.05) is 39.0 Å². The van der Waals surface area contributed by atoms with E-state index in [1.807, 2.05) is 0 Å². The van der Waals surface area contributed by atoms with Crippen molar-refractivity contribution in [2.45, 2.75) is 19.1 Å². The van der Waals surface area contributed by atoms with E-state index in [1.54, 1.807) is 0 Å². The molecule has 0 fully saturated rings. The van der Waals surface area contributed by atoms with E-state index in [2.05, 4.69) is 172 Å². The smallest absolute Gasteiger partial charge is 0.201 e. The summed E-state index contributed by atoms with van der Waals surface area (Å²) in [6, 6.07) is 50.6. The second kappa shape index (κ2) is 10.6. The maximum Gasteiger partial charge on any atom is 0.201 e. The average molecular weight is 641 g/mol. The number of fused-ring (bicyclic) bond motifs is 12. The van der Waals surface area contributed by atoms with Gasteiger partial charge in [-0.2, -0.15) is 0 Å². The van der Waals surface area contributed by atoms with E-state index in [0.29, 0.717) is 0 Å². The zero-order valence-electron chi connectivity index (χ0n) is 27.3. The van der Waals surface area contributed by atoms with E-state index in [1.165, 1.54) is 76.6 Å². The van der Waals surface area contributed by atoms with E-state index in [4.69, 9.17) is 4.99 Å². The molecule has 1 aliphatic carbocycles. The average Bonchev–Trinajstić information content (AvgIpc) is 3.72. The topological polar surface area (TPSA) is 34.2 Å². The molecule has 11 rings (SSSR count). The number of hydrogen-bond donors (Lipinski definition) is 1. The first-order valence-corrected chi connectivity index (χ1v) is 17.5. The summed E-state index contributed by atoms with van der Waals surface area (Å²) in [5, 5.41) is 14.8. The fourth-order valence-corrected chi connectivity index (χ4v) is 8.59. The van der Waals surface area contributed by atoms with Gasteiger partial charge in [0.15, 0.2) is 0 Å². The minimum absolute atomic E-state index is 0.311. The van der Waals surface area contributed by atoms with Crippen LogP contribution in [0.15, 0.2) is 151 Å². The molecule has 1 unspecified atom stereocenters. The van der Waals surface area contributed by atoms with E-state index < -0.39 is 0 Å². The van der Waals surface area contributed by atoms with Crippen LogP contribution in [0.1, 0.15) is 24.0 Å². The summed E-state index contributed by atoms with van der Waals surface area (Å²) >= 11 is 0. The summed E-state index contributed by atoms with van der Waals surface area (Å²) < 4.78 is 4.95. The lowest BCUT2D eigenvalue weighted by Gasteiger charge is -2.23. The van der Waals surface area contributed by atoms with Crippen LogP contribution in [0, 0.1) is 0 Å². The summed E-state index contributed by atoms with van der Waals surface area (Å²) in [5.74, 6) is 0. The maximum absolute atomic E-state index is 5.45. The molecule has 0 amide bonds. The van der Waals surface area contributed by atoms with Crippen LogP contribution in [0.2, 0.25) is 0 Å². The summed E-state index contributed by atoms with van der Waals surface area (Å²) in [6.45, 7) is 0. The van der Waals surface area contributed by atoms with E-state index in [9.17, 15) is 0 Å². The van der Waals surface area contributed by atoms with Crippen LogP contribution in [0.25, 0.3) is 83.3 Å². The molecule has 4 nitrogen and oxygen atoms in total. The van der Waals surface area contributed by atoms with Gasteiger partial charge in [-0.1, -0.05) is 109 Å². The molecule has 9 aromatic rings. The van der Waals surface area contributed by atoms with Crippen molar-refractivity contribution in [3.8, 4) is 16.8 Å². The van der Waals surface area contributed by atoms with Crippen molar-refractivity contribution in [3.63, 3.8) is 0 Å². The number of nitrogens with one attached hydrogen (secondary N) is 1. The highest BCUT2D eigenvalue weighted by Gasteiger charge is 2.29. The lowest BCUT2D eigenvalue weighted by Crippen LogP contribution is -2.37. The van der Waals surface area contributed by atoms with Crippen LogP contribution in [0.5, 0.6) is 0 Å². The highest BCUT2D eigenvalue weighted by atomic mass is 15.3. The lowest BCUT2D eigenvalue weighted by molar-refractivity contribution is 0.481. The number of allylic oxidation sites excluding steroid dienone is 1. The Bertz CT molecular complexity index is 3020. The monoisotopic (exact) mass is 640 g/mol. The predicted octanol–water partition coefficient (Wildman–Crippen LogP) is 9.79. The molecule has 4 heteroatoms. The van der Waals surface area contributed by atoms with Crippen molar-refractivity contribution >= 4 is 66.5 Å². The van der Waals surface area contributed by atoms with Crippen molar-refractivity contribution < 1.29 is 0 Å². The van der Waals surface area contributed by atoms with Crippen LogP contribution in [-0.4, -0.2) is 9.13 Å². The molecule has 1 N–H and O–H groups in total. The first-order valence-electron chi connectivity index (χ1n) is 17.5. The van der Waals surface area contributed by atoms with Gasteiger partial charge >= 0.3 is 0 Å². The van der Waals surface area contributed by atoms with E-state index in [-0.39, 0.29) is 6.29 Å². The van der Waals surface area contributed by atoms with Crippen LogP contribution < -0.4 is 15.9 Å². The van der Waals surface area contributed by atoms with E-state index in [0.717, 1.165) is 29.1 Å². The number of rotatable bonds is 3. The van der Waals surface area contributed by atoms with Gasteiger partial charge in [0.05, 0.1) is 21.9 Å². The molecule has 0 saturated carbocycles. The highest BCUT2D eigenvalue weighted by Crippen LogP contribution is 2.47. The Morgan fingerprint density at radius 2 is 1.34 bits per heavy atom. The Hall–Kier alpha value is -6.39. The molecule has 50 heavy (non-hydrogen) atoms. The zero-order valence-corrected chi connectivity index (χ0v) is 27.3. The zero-order chi connectivity index (χ0) is 32.8. The molecule has 0 spiro atoms. The molecule has 3 heterocycles. The lowest BCUT2D eigenvalue weighted by atomic mass is 9.94. The molecule has 2 aliphatic rings. The minimum Gasteiger partial charge on any atom is -0.352 e. The Labute approximate surface area is 288 Å². The van der Waals surface area contributed by atoms with Crippen molar-refractivity contribution in [3.05, 3.63) is 167 Å². The third kappa shape index (κ3) is 3.90. The molecule has 1 aliphatic heterocycles.